The van der Waals surface area contributed by atoms with Gasteiger partial charge in [-0.1, -0.05) is 56.9 Å². The third kappa shape index (κ3) is 4.62. The number of hydrogen-bond acceptors (Lipinski definition) is 1. The molecule has 118 valence electrons. The number of ether oxygens (including phenoxy) is 1. The molecule has 0 bridgehead atoms. The topological polar surface area (TPSA) is 9.23 Å². The normalized spacial score (nSPS) is 11.4. The number of rotatable bonds is 8. The summed E-state index contributed by atoms with van der Waals surface area (Å²) in [4.78, 5) is 0. The van der Waals surface area contributed by atoms with Crippen LogP contribution in [-0.2, 0) is 0 Å². The summed E-state index contributed by atoms with van der Waals surface area (Å²) in [5.74, 6) is 0.922. The molecule has 2 aromatic rings. The molecule has 1 nitrogen and oxygen atoms in total. The van der Waals surface area contributed by atoms with Crippen molar-refractivity contribution in [1.82, 2.24) is 0 Å². The zero-order valence-corrected chi connectivity index (χ0v) is 14.2. The maximum Gasteiger partial charge on any atom is 0.119 e. The molecule has 0 unspecified atom stereocenters. The zero-order valence-electron chi connectivity index (χ0n) is 14.2. The van der Waals surface area contributed by atoms with E-state index in [0.717, 1.165) is 5.75 Å². The molecule has 22 heavy (non-hydrogen) atoms. The van der Waals surface area contributed by atoms with Crippen LogP contribution in [0.3, 0.4) is 0 Å². The summed E-state index contributed by atoms with van der Waals surface area (Å²) in [5.41, 5.74) is 2.60. The molecule has 0 heterocycles. The van der Waals surface area contributed by atoms with E-state index in [2.05, 4.69) is 50.3 Å². The van der Waals surface area contributed by atoms with E-state index in [4.69, 9.17) is 4.74 Å². The average molecular weight is 296 g/mol. The smallest absolute Gasteiger partial charge is 0.119 e. The number of fused-ring (bicyclic) bond motifs is 1. The first-order valence-electron chi connectivity index (χ1n) is 8.49. The molecule has 1 heteroatoms. The van der Waals surface area contributed by atoms with Crippen molar-refractivity contribution in [3.63, 3.8) is 0 Å². The van der Waals surface area contributed by atoms with Crippen LogP contribution in [-0.4, -0.2) is 7.11 Å². The molecule has 0 amide bonds. The van der Waals surface area contributed by atoms with Gasteiger partial charge in [-0.15, -0.1) is 0 Å². The van der Waals surface area contributed by atoms with Gasteiger partial charge in [0.05, 0.1) is 7.11 Å². The zero-order chi connectivity index (χ0) is 15.8. The van der Waals surface area contributed by atoms with E-state index in [-0.39, 0.29) is 0 Å². The summed E-state index contributed by atoms with van der Waals surface area (Å²) >= 11 is 0. The fourth-order valence-corrected chi connectivity index (χ4v) is 2.86. The highest BCUT2D eigenvalue weighted by Crippen LogP contribution is 2.26. The van der Waals surface area contributed by atoms with E-state index in [1.54, 1.807) is 7.11 Å². The molecule has 0 N–H and O–H groups in total. The summed E-state index contributed by atoms with van der Waals surface area (Å²) in [6, 6.07) is 10.8. The van der Waals surface area contributed by atoms with Crippen LogP contribution < -0.4 is 4.74 Å². The largest absolute Gasteiger partial charge is 0.497 e. The Kier molecular flexibility index (Phi) is 6.51. The molecule has 0 aliphatic rings. The van der Waals surface area contributed by atoms with Crippen LogP contribution in [0.25, 0.3) is 16.8 Å². The van der Waals surface area contributed by atoms with Crippen molar-refractivity contribution >= 4 is 16.8 Å². The maximum atomic E-state index is 5.31. The predicted octanol–water partition coefficient (Wildman–Crippen LogP) is 6.53. The number of hydrogen-bond donors (Lipinski definition) is 0. The first-order chi connectivity index (χ1) is 10.7. The number of benzene rings is 2. The molecule has 0 radical (unpaired) electrons. The lowest BCUT2D eigenvalue weighted by Crippen LogP contribution is -1.86. The third-order valence-electron chi connectivity index (χ3n) is 4.18. The monoisotopic (exact) mass is 296 g/mol. The SMILES string of the molecule is CCCCCCC/C=C/c1cc(C)c2cc(OC)ccc2c1. The van der Waals surface area contributed by atoms with E-state index >= 15 is 0 Å². The Morgan fingerprint density at radius 3 is 2.59 bits per heavy atom. The number of methoxy groups -OCH3 is 1. The summed E-state index contributed by atoms with van der Waals surface area (Å²) in [5, 5.41) is 2.56. The van der Waals surface area contributed by atoms with Crippen LogP contribution in [0.2, 0.25) is 0 Å². The van der Waals surface area contributed by atoms with Crippen molar-refractivity contribution in [3.8, 4) is 5.75 Å². The van der Waals surface area contributed by atoms with Gasteiger partial charge in [-0.3, -0.25) is 0 Å². The summed E-state index contributed by atoms with van der Waals surface area (Å²) < 4.78 is 5.31. The number of aryl methyl sites for hydroxylation is 1. The molecule has 0 aliphatic heterocycles. The fourth-order valence-electron chi connectivity index (χ4n) is 2.86. The molecule has 0 spiro atoms. The van der Waals surface area contributed by atoms with E-state index in [9.17, 15) is 0 Å². The molecule has 0 saturated heterocycles. The van der Waals surface area contributed by atoms with Crippen LogP contribution in [0.4, 0.5) is 0 Å². The highest BCUT2D eigenvalue weighted by molar-refractivity contribution is 5.89. The van der Waals surface area contributed by atoms with Gasteiger partial charge in [-0.05, 0) is 59.9 Å². The van der Waals surface area contributed by atoms with Gasteiger partial charge in [-0.25, -0.2) is 0 Å². The Hall–Kier alpha value is -1.76. The Morgan fingerprint density at radius 1 is 1.00 bits per heavy atom. The summed E-state index contributed by atoms with van der Waals surface area (Å²) in [7, 11) is 1.72. The molecular weight excluding hydrogens is 268 g/mol. The quantitative estimate of drug-likeness (QED) is 0.503. The first kappa shape index (κ1) is 16.6. The Labute approximate surface area is 135 Å². The minimum Gasteiger partial charge on any atom is -0.497 e. The van der Waals surface area contributed by atoms with Crippen molar-refractivity contribution in [2.75, 3.05) is 7.11 Å². The van der Waals surface area contributed by atoms with Crippen molar-refractivity contribution in [1.29, 1.82) is 0 Å². The third-order valence-corrected chi connectivity index (χ3v) is 4.18. The average Bonchev–Trinajstić information content (AvgIpc) is 2.54. The number of allylic oxidation sites excluding steroid dienone is 1. The molecule has 0 fully saturated rings. The second-order valence-corrected chi connectivity index (χ2v) is 6.03. The number of unbranched alkanes of at least 4 members (excludes halogenated alkanes) is 5. The fraction of sp³-hybridized carbons (Fsp3) is 0.429. The van der Waals surface area contributed by atoms with Crippen LogP contribution in [0, 0.1) is 6.92 Å². The van der Waals surface area contributed by atoms with Crippen molar-refractivity contribution < 1.29 is 4.74 Å². The van der Waals surface area contributed by atoms with Gasteiger partial charge in [0, 0.05) is 0 Å². The molecule has 0 saturated carbocycles. The van der Waals surface area contributed by atoms with E-state index in [1.807, 2.05) is 6.07 Å². The maximum absolute atomic E-state index is 5.31. The van der Waals surface area contributed by atoms with E-state index in [1.165, 1.54) is 60.4 Å². The molecule has 0 aromatic heterocycles. The molecule has 2 rings (SSSR count). The Balaban J connectivity index is 2.00. The highest BCUT2D eigenvalue weighted by atomic mass is 16.5. The van der Waals surface area contributed by atoms with Gasteiger partial charge < -0.3 is 4.74 Å². The predicted molar refractivity (Wildman–Crippen MR) is 97.6 cm³/mol. The minimum atomic E-state index is 0.922. The van der Waals surface area contributed by atoms with Gasteiger partial charge in [0.15, 0.2) is 0 Å². The first-order valence-corrected chi connectivity index (χ1v) is 8.49. The molecule has 0 atom stereocenters. The highest BCUT2D eigenvalue weighted by Gasteiger charge is 2.01. The van der Waals surface area contributed by atoms with Crippen molar-refractivity contribution in [2.45, 2.75) is 52.4 Å². The second-order valence-electron chi connectivity index (χ2n) is 6.03. The van der Waals surface area contributed by atoms with Gasteiger partial charge in [0.25, 0.3) is 0 Å². The Bertz CT molecular complexity index is 625. The lowest BCUT2D eigenvalue weighted by atomic mass is 10.0. The molecular formula is C21H28O. The standard InChI is InChI=1S/C21H28O/c1-4-5-6-7-8-9-10-11-18-14-17(2)21-16-20(22-3)13-12-19(21)15-18/h10-16H,4-9H2,1-3H3/b11-10+. The van der Waals surface area contributed by atoms with Gasteiger partial charge in [0.1, 0.15) is 5.75 Å². The van der Waals surface area contributed by atoms with Gasteiger partial charge >= 0.3 is 0 Å². The Morgan fingerprint density at radius 2 is 1.82 bits per heavy atom. The van der Waals surface area contributed by atoms with Crippen molar-refractivity contribution in [3.05, 3.63) is 47.5 Å². The van der Waals surface area contributed by atoms with Crippen LogP contribution >= 0.6 is 0 Å². The van der Waals surface area contributed by atoms with Crippen molar-refractivity contribution in [2.24, 2.45) is 0 Å². The summed E-state index contributed by atoms with van der Waals surface area (Å²) in [6.07, 6.45) is 12.5. The van der Waals surface area contributed by atoms with Gasteiger partial charge in [0.2, 0.25) is 0 Å². The lowest BCUT2D eigenvalue weighted by Gasteiger charge is -2.07. The van der Waals surface area contributed by atoms with Crippen LogP contribution in [0.5, 0.6) is 5.75 Å². The second kappa shape index (κ2) is 8.63. The molecule has 2 aromatic carbocycles. The van der Waals surface area contributed by atoms with E-state index in [0.29, 0.717) is 0 Å². The van der Waals surface area contributed by atoms with Gasteiger partial charge in [-0.2, -0.15) is 0 Å². The van der Waals surface area contributed by atoms with Crippen LogP contribution in [0.15, 0.2) is 36.4 Å². The molecule has 0 aliphatic carbocycles. The minimum absolute atomic E-state index is 0.922. The lowest BCUT2D eigenvalue weighted by molar-refractivity contribution is 0.415. The van der Waals surface area contributed by atoms with E-state index < -0.39 is 0 Å². The van der Waals surface area contributed by atoms with Crippen LogP contribution in [0.1, 0.15) is 56.6 Å². The summed E-state index contributed by atoms with van der Waals surface area (Å²) in [6.45, 7) is 4.43.